The van der Waals surface area contributed by atoms with E-state index >= 15 is 0 Å². The van der Waals surface area contributed by atoms with E-state index in [4.69, 9.17) is 10.2 Å². The fraction of sp³-hybridized carbons (Fsp3) is 0.250. The molecule has 0 aliphatic rings. The largest absolute Gasteiger partial charge is 0.393 e. The smallest absolute Gasteiger partial charge is 0.133 e. The van der Waals surface area contributed by atoms with Crippen molar-refractivity contribution in [2.24, 2.45) is 0 Å². The van der Waals surface area contributed by atoms with Crippen LogP contribution in [0.1, 0.15) is 11.7 Å². The summed E-state index contributed by atoms with van der Waals surface area (Å²) in [4.78, 5) is 0. The monoisotopic (exact) mass is 252 g/mol. The third-order valence-electron chi connectivity index (χ3n) is 1.55. The van der Waals surface area contributed by atoms with Crippen LogP contribution in [-0.4, -0.2) is 16.8 Å². The second kappa shape index (κ2) is 4.13. The van der Waals surface area contributed by atoms with Crippen molar-refractivity contribution in [3.63, 3.8) is 0 Å². The van der Waals surface area contributed by atoms with Crippen LogP contribution in [0.2, 0.25) is 0 Å². The molecule has 2 N–H and O–H groups in total. The minimum absolute atomic E-state index is 0.247. The first kappa shape index (κ1) is 10.6. The molecule has 1 unspecified atom stereocenters. The first-order valence-corrected chi connectivity index (χ1v) is 4.29. The van der Waals surface area contributed by atoms with Crippen molar-refractivity contribution < 1.29 is 19.0 Å². The highest BCUT2D eigenvalue weighted by molar-refractivity contribution is 9.10. The summed E-state index contributed by atoms with van der Waals surface area (Å²) < 4.78 is 26.3. The average Bonchev–Trinajstić information content (AvgIpc) is 2.02. The molecule has 0 spiro atoms. The molecule has 0 aliphatic heterocycles. The number of benzene rings is 1. The lowest BCUT2D eigenvalue weighted by Gasteiger charge is -2.09. The van der Waals surface area contributed by atoms with Crippen molar-refractivity contribution >= 4 is 15.9 Å². The molecule has 5 heteroatoms. The second-order valence-corrected chi connectivity index (χ2v) is 3.40. The van der Waals surface area contributed by atoms with Gasteiger partial charge in [-0.15, -0.1) is 0 Å². The van der Waals surface area contributed by atoms with Gasteiger partial charge < -0.3 is 10.2 Å². The highest BCUT2D eigenvalue weighted by atomic mass is 79.9. The lowest BCUT2D eigenvalue weighted by molar-refractivity contribution is 0.0893. The van der Waals surface area contributed by atoms with Gasteiger partial charge in [-0.05, 0) is 12.1 Å². The van der Waals surface area contributed by atoms with Crippen LogP contribution in [0.4, 0.5) is 8.78 Å². The van der Waals surface area contributed by atoms with Gasteiger partial charge in [0.2, 0.25) is 0 Å². The van der Waals surface area contributed by atoms with Gasteiger partial charge >= 0.3 is 0 Å². The van der Waals surface area contributed by atoms with Gasteiger partial charge in [0.05, 0.1) is 12.2 Å². The van der Waals surface area contributed by atoms with E-state index in [1.54, 1.807) is 0 Å². The molecule has 13 heavy (non-hydrogen) atoms. The first-order chi connectivity index (χ1) is 6.06. The van der Waals surface area contributed by atoms with E-state index in [0.717, 1.165) is 12.1 Å². The predicted octanol–water partition coefficient (Wildman–Crippen LogP) is 1.75. The van der Waals surface area contributed by atoms with Crippen LogP contribution in [0.15, 0.2) is 16.6 Å². The highest BCUT2D eigenvalue weighted by Crippen LogP contribution is 2.24. The Morgan fingerprint density at radius 3 is 2.15 bits per heavy atom. The van der Waals surface area contributed by atoms with Crippen LogP contribution in [0.25, 0.3) is 0 Å². The average molecular weight is 253 g/mol. The Morgan fingerprint density at radius 2 is 1.77 bits per heavy atom. The second-order valence-electron chi connectivity index (χ2n) is 2.48. The molecule has 1 aromatic carbocycles. The Morgan fingerprint density at radius 1 is 1.31 bits per heavy atom. The maximum atomic E-state index is 13.0. The molecule has 0 saturated carbocycles. The molecule has 72 valence electrons. The van der Waals surface area contributed by atoms with E-state index in [1.807, 2.05) is 0 Å². The van der Waals surface area contributed by atoms with Crippen molar-refractivity contribution in [2.75, 3.05) is 6.61 Å². The van der Waals surface area contributed by atoms with Crippen LogP contribution >= 0.6 is 15.9 Å². The topological polar surface area (TPSA) is 40.5 Å². The standard InChI is InChI=1S/C8H7BrF2O2/c9-4-1-5(10)8(6(11)2-4)7(13)3-12/h1-2,7,12-13H,3H2. The van der Waals surface area contributed by atoms with Crippen molar-refractivity contribution in [1.82, 2.24) is 0 Å². The fourth-order valence-electron chi connectivity index (χ4n) is 0.963. The van der Waals surface area contributed by atoms with Crippen LogP contribution in [-0.2, 0) is 0 Å². The quantitative estimate of drug-likeness (QED) is 0.842. The molecule has 0 heterocycles. The minimum atomic E-state index is -1.52. The SMILES string of the molecule is OCC(O)c1c(F)cc(Br)cc1F. The third kappa shape index (κ3) is 2.24. The molecule has 0 aromatic heterocycles. The van der Waals surface area contributed by atoms with Gasteiger partial charge in [0.25, 0.3) is 0 Å². The van der Waals surface area contributed by atoms with Gasteiger partial charge in [-0.1, -0.05) is 15.9 Å². The maximum absolute atomic E-state index is 13.0. The Hall–Kier alpha value is -0.520. The zero-order valence-corrected chi connectivity index (χ0v) is 8.05. The van der Waals surface area contributed by atoms with E-state index in [1.165, 1.54) is 0 Å². The van der Waals surface area contributed by atoms with Gasteiger partial charge in [0, 0.05) is 4.47 Å². The van der Waals surface area contributed by atoms with Crippen molar-refractivity contribution in [1.29, 1.82) is 0 Å². The highest BCUT2D eigenvalue weighted by Gasteiger charge is 2.17. The number of hydrogen-bond acceptors (Lipinski definition) is 2. The number of hydrogen-bond donors (Lipinski definition) is 2. The summed E-state index contributed by atoms with van der Waals surface area (Å²) in [6.07, 6.45) is -1.52. The van der Waals surface area contributed by atoms with Gasteiger partial charge in [-0.25, -0.2) is 8.78 Å². The van der Waals surface area contributed by atoms with Crippen LogP contribution < -0.4 is 0 Å². The van der Waals surface area contributed by atoms with E-state index in [9.17, 15) is 8.78 Å². The third-order valence-corrected chi connectivity index (χ3v) is 2.01. The summed E-state index contributed by atoms with van der Waals surface area (Å²) in [7, 11) is 0. The lowest BCUT2D eigenvalue weighted by Crippen LogP contribution is -2.08. The van der Waals surface area contributed by atoms with Crippen LogP contribution in [0.5, 0.6) is 0 Å². The first-order valence-electron chi connectivity index (χ1n) is 3.49. The summed E-state index contributed by atoms with van der Waals surface area (Å²) in [5.74, 6) is -1.76. The van der Waals surface area contributed by atoms with Crippen molar-refractivity contribution in [2.45, 2.75) is 6.10 Å². The molecule has 1 aromatic rings. The van der Waals surface area contributed by atoms with Crippen molar-refractivity contribution in [3.05, 3.63) is 33.8 Å². The molecular weight excluding hydrogens is 246 g/mol. The van der Waals surface area contributed by atoms with E-state index in [-0.39, 0.29) is 4.47 Å². The molecule has 0 aliphatic carbocycles. The molecular formula is C8H7BrF2O2. The molecule has 0 bridgehead atoms. The lowest BCUT2D eigenvalue weighted by atomic mass is 10.1. The fourth-order valence-corrected chi connectivity index (χ4v) is 1.36. The molecule has 1 rings (SSSR count). The Labute approximate surface area is 81.9 Å². The van der Waals surface area contributed by atoms with Gasteiger partial charge in [-0.2, -0.15) is 0 Å². The molecule has 2 nitrogen and oxygen atoms in total. The summed E-state index contributed by atoms with van der Waals surface area (Å²) in [5, 5.41) is 17.5. The zero-order chi connectivity index (χ0) is 10.0. The molecule has 0 fully saturated rings. The van der Waals surface area contributed by atoms with Gasteiger partial charge in [0.15, 0.2) is 0 Å². The van der Waals surface area contributed by atoms with Crippen molar-refractivity contribution in [3.8, 4) is 0 Å². The van der Waals surface area contributed by atoms with E-state index < -0.39 is 29.9 Å². The number of aliphatic hydroxyl groups is 2. The van der Waals surface area contributed by atoms with Gasteiger partial charge in [0.1, 0.15) is 17.7 Å². The van der Waals surface area contributed by atoms with Gasteiger partial charge in [-0.3, -0.25) is 0 Å². The summed E-state index contributed by atoms with van der Waals surface area (Å²) in [6.45, 7) is -0.713. The number of halogens is 3. The minimum Gasteiger partial charge on any atom is -0.393 e. The molecule has 0 radical (unpaired) electrons. The molecule has 0 amide bonds. The van der Waals surface area contributed by atoms with E-state index in [2.05, 4.69) is 15.9 Å². The Kier molecular flexibility index (Phi) is 3.35. The van der Waals surface area contributed by atoms with Crippen LogP contribution in [0.3, 0.4) is 0 Å². The summed E-state index contributed by atoms with van der Waals surface area (Å²) in [5.41, 5.74) is -0.509. The Balaban J connectivity index is 3.20. The molecule has 0 saturated heterocycles. The number of aliphatic hydroxyl groups excluding tert-OH is 2. The number of rotatable bonds is 2. The zero-order valence-electron chi connectivity index (χ0n) is 6.47. The summed E-state index contributed by atoms with van der Waals surface area (Å²) >= 11 is 2.89. The predicted molar refractivity (Wildman–Crippen MR) is 46.1 cm³/mol. The molecule has 1 atom stereocenters. The summed E-state index contributed by atoms with van der Waals surface area (Å²) in [6, 6.07) is 2.05. The maximum Gasteiger partial charge on any atom is 0.133 e. The normalized spacial score (nSPS) is 13.0. The Bertz CT molecular complexity index is 294. The van der Waals surface area contributed by atoms with E-state index in [0.29, 0.717) is 0 Å². The van der Waals surface area contributed by atoms with Crippen LogP contribution in [0, 0.1) is 11.6 Å².